The number of nitrogens with one attached hydrogen (secondary N) is 2. The summed E-state index contributed by atoms with van der Waals surface area (Å²) in [5, 5.41) is 113. The molecular weight excluding hydrogens is 945 g/mol. The number of fused-ring (bicyclic) bond motifs is 6. The molecule has 13 atom stereocenters. The van der Waals surface area contributed by atoms with Gasteiger partial charge in [-0.05, 0) is 160 Å². The van der Waals surface area contributed by atoms with Crippen LogP contribution in [0, 0.1) is 29.6 Å². The van der Waals surface area contributed by atoms with Gasteiger partial charge < -0.3 is 56.6 Å². The molecule has 0 aromatic heterocycles. The third-order valence-electron chi connectivity index (χ3n) is 17.0. The average Bonchev–Trinajstić information content (AvgIpc) is 3.54. The van der Waals surface area contributed by atoms with E-state index in [4.69, 9.17) is 0 Å². The number of hydrogen-bond acceptors (Lipinski definition) is 11. The first-order chi connectivity index (χ1) is 35.8. The molecule has 13 unspecified atom stereocenters. The van der Waals surface area contributed by atoms with Crippen LogP contribution in [0.15, 0.2) is 90.0 Å². The van der Waals surface area contributed by atoms with Crippen LogP contribution in [0.3, 0.4) is 0 Å². The molecule has 3 aromatic carbocycles. The highest BCUT2D eigenvalue weighted by molar-refractivity contribution is 5.67. The first kappa shape index (κ1) is 59.8. The van der Waals surface area contributed by atoms with E-state index in [0.29, 0.717) is 44.1 Å². The Morgan fingerprint density at radius 2 is 1.63 bits per heavy atom. The number of hydrogen-bond donors (Lipinski definition) is 11. The van der Waals surface area contributed by atoms with E-state index in [2.05, 4.69) is 55.4 Å². The van der Waals surface area contributed by atoms with E-state index >= 15 is 0 Å². The summed E-state index contributed by atoms with van der Waals surface area (Å²) in [6.45, 7) is 11.8. The molecule has 7 rings (SSSR count). The molecule has 4 aliphatic heterocycles. The highest BCUT2D eigenvalue weighted by Crippen LogP contribution is 2.46. The molecule has 0 aliphatic carbocycles. The Kier molecular flexibility index (Phi) is 22.2. The smallest absolute Gasteiger partial charge is 0.303 e. The number of unbranched alkanes of at least 4 members (excludes halogenated alkanes) is 1. The Morgan fingerprint density at radius 3 is 2.29 bits per heavy atom. The van der Waals surface area contributed by atoms with Crippen LogP contribution in [-0.2, 0) is 30.5 Å². The molecule has 0 spiro atoms. The minimum Gasteiger partial charge on any atom is -0.508 e. The van der Waals surface area contributed by atoms with Gasteiger partial charge in [0.05, 0.1) is 54.7 Å². The Hall–Kier alpha value is -4.39. The van der Waals surface area contributed by atoms with Gasteiger partial charge >= 0.3 is 5.97 Å². The van der Waals surface area contributed by atoms with Crippen LogP contribution < -0.4 is 10.6 Å². The number of phenolic OH excluding ortho intramolecular Hbond substituents is 1. The third-order valence-corrected chi connectivity index (χ3v) is 17.0. The maximum Gasteiger partial charge on any atom is 0.303 e. The van der Waals surface area contributed by atoms with Crippen LogP contribution in [0.1, 0.15) is 164 Å². The summed E-state index contributed by atoms with van der Waals surface area (Å²) in [7, 11) is 0. The van der Waals surface area contributed by atoms with Crippen LogP contribution in [0.5, 0.6) is 5.75 Å². The van der Waals surface area contributed by atoms with Crippen molar-refractivity contribution in [2.45, 2.75) is 216 Å². The third kappa shape index (κ3) is 15.6. The van der Waals surface area contributed by atoms with Crippen LogP contribution in [-0.4, -0.2) is 118 Å². The topological polar surface area (TPSA) is 223 Å². The van der Waals surface area contributed by atoms with Gasteiger partial charge in [0.15, 0.2) is 0 Å². The lowest BCUT2D eigenvalue weighted by Gasteiger charge is -2.52. The number of aliphatic hydroxyl groups is 7. The summed E-state index contributed by atoms with van der Waals surface area (Å²) >= 11 is 0. The van der Waals surface area contributed by atoms with Gasteiger partial charge in [-0.2, -0.15) is 0 Å². The minimum absolute atomic E-state index is 0.0256. The summed E-state index contributed by atoms with van der Waals surface area (Å²) in [4.78, 5) is 12.8. The van der Waals surface area contributed by atoms with Crippen molar-refractivity contribution >= 4 is 5.97 Å². The highest BCUT2D eigenvalue weighted by Gasteiger charge is 2.53. The molecule has 4 heterocycles. The Balaban J connectivity index is 1.72. The molecule has 0 saturated carbocycles. The van der Waals surface area contributed by atoms with Gasteiger partial charge in [-0.1, -0.05) is 126 Å². The van der Waals surface area contributed by atoms with Crippen molar-refractivity contribution in [3.63, 3.8) is 0 Å². The molecule has 11 N–H and O–H groups in total. The lowest BCUT2D eigenvalue weighted by molar-refractivity contribution is -0.139. The van der Waals surface area contributed by atoms with E-state index in [1.807, 2.05) is 69.3 Å². The largest absolute Gasteiger partial charge is 0.508 e. The molecule has 1 fully saturated rings. The van der Waals surface area contributed by atoms with Crippen molar-refractivity contribution in [2.24, 2.45) is 17.8 Å². The first-order valence-corrected chi connectivity index (χ1v) is 28.1. The maximum atomic E-state index is 14.2. The van der Waals surface area contributed by atoms with Gasteiger partial charge in [0.25, 0.3) is 0 Å². The van der Waals surface area contributed by atoms with E-state index in [1.54, 1.807) is 18.2 Å². The highest BCUT2D eigenvalue weighted by atomic mass is 16.4. The molecule has 0 amide bonds. The number of carbonyl (C=O) groups is 1. The van der Waals surface area contributed by atoms with Crippen molar-refractivity contribution in [3.8, 4) is 17.6 Å². The summed E-state index contributed by atoms with van der Waals surface area (Å²) in [5.41, 5.74) is 4.01. The van der Waals surface area contributed by atoms with Gasteiger partial charge in [0.1, 0.15) is 5.75 Å². The number of rotatable bonds is 18. The number of carboxylic acids is 1. The number of aromatic hydroxyl groups is 1. The molecule has 3 aromatic rings. The van der Waals surface area contributed by atoms with Crippen LogP contribution in [0.4, 0.5) is 0 Å². The fourth-order valence-corrected chi connectivity index (χ4v) is 12.5. The summed E-state index contributed by atoms with van der Waals surface area (Å²) in [6.07, 6.45) is 4.90. The Morgan fingerprint density at radius 1 is 0.907 bits per heavy atom. The van der Waals surface area contributed by atoms with E-state index in [-0.39, 0.29) is 62.7 Å². The molecule has 12 heteroatoms. The molecule has 75 heavy (non-hydrogen) atoms. The van der Waals surface area contributed by atoms with Gasteiger partial charge in [0, 0.05) is 36.0 Å². The number of aliphatic hydroxyl groups excluding tert-OH is 6. The second-order valence-electron chi connectivity index (χ2n) is 23.0. The first-order valence-electron chi connectivity index (χ1n) is 28.1. The Labute approximate surface area is 447 Å². The van der Waals surface area contributed by atoms with Crippen LogP contribution in [0.2, 0.25) is 0 Å². The lowest BCUT2D eigenvalue weighted by atomic mass is 9.63. The quantitative estimate of drug-likeness (QED) is 0.0547. The van der Waals surface area contributed by atoms with E-state index < -0.39 is 84.1 Å². The normalized spacial score (nSPS) is 27.4. The number of carboxylic acid groups (broad SMARTS) is 1. The molecule has 1 saturated heterocycles. The number of allylic oxidation sites excluding steroid dienone is 2. The molecular formula is C63H90N2O10. The van der Waals surface area contributed by atoms with E-state index in [9.17, 15) is 50.8 Å². The summed E-state index contributed by atoms with van der Waals surface area (Å²) in [5.74, 6) is 5.05. The summed E-state index contributed by atoms with van der Waals surface area (Å²) in [6, 6.07) is 19.7. The standard InChI is InChI=1S/C63H90N2O10/c1-7-9-15-56(69)57(70)32-26-46-23-22-45-13-10-12-44(8-2)50(45)14-11-34-63(62(6,75)54(30-16-40(3)4)47-24-27-48(67)28-25-47)38-43-20-18-42(19-21-43)35-59(72)51-29-17-41(5)64-61(53(51)37-60(73)74)58(71)33-31-55(65-63)52(46)36-49(68)39-66/h10,12-13,18-21,24-28,32,40-41,49,51,53-59,61,64-72,75H,7-9,15-17,22-23,29-31,33-39H2,1-6H3,(H,73,74). The second kappa shape index (κ2) is 27.8. The predicted octanol–water partition coefficient (Wildman–Crippen LogP) is 7.97. The molecule has 4 aliphatic rings. The van der Waals surface area contributed by atoms with Gasteiger partial charge in [-0.3, -0.25) is 4.79 Å². The minimum atomic E-state index is -1.64. The average molecular weight is 1040 g/mol. The van der Waals surface area contributed by atoms with Gasteiger partial charge in [-0.25, -0.2) is 0 Å². The van der Waals surface area contributed by atoms with Crippen molar-refractivity contribution in [2.75, 3.05) is 6.61 Å². The zero-order valence-corrected chi connectivity index (χ0v) is 45.6. The van der Waals surface area contributed by atoms with Crippen LogP contribution >= 0.6 is 0 Å². The fourth-order valence-electron chi connectivity index (χ4n) is 12.5. The lowest BCUT2D eigenvalue weighted by Crippen LogP contribution is -2.67. The number of aryl methyl sites for hydroxylation is 2. The van der Waals surface area contributed by atoms with Crippen LogP contribution in [0.25, 0.3) is 0 Å². The van der Waals surface area contributed by atoms with E-state index in [1.165, 1.54) is 0 Å². The number of aliphatic carboxylic acids is 1. The molecule has 412 valence electrons. The van der Waals surface area contributed by atoms with Gasteiger partial charge in [-0.15, -0.1) is 0 Å². The number of benzene rings is 3. The fraction of sp³-hybridized carbons (Fsp3) is 0.603. The van der Waals surface area contributed by atoms with Crippen molar-refractivity contribution < 1.29 is 50.8 Å². The zero-order valence-electron chi connectivity index (χ0n) is 45.6. The predicted molar refractivity (Wildman–Crippen MR) is 296 cm³/mol. The molecule has 12 nitrogen and oxygen atoms in total. The van der Waals surface area contributed by atoms with Crippen molar-refractivity contribution in [1.82, 2.24) is 10.6 Å². The maximum absolute atomic E-state index is 14.2. The molecule has 0 radical (unpaired) electrons. The van der Waals surface area contributed by atoms with Gasteiger partial charge in [0.2, 0.25) is 0 Å². The van der Waals surface area contributed by atoms with Crippen molar-refractivity contribution in [1.29, 1.82) is 0 Å². The Bertz CT molecular complexity index is 2410. The zero-order chi connectivity index (χ0) is 54.5. The SMILES string of the molecule is CCCCC(O)C(O)C=CC1=C(CC(O)CO)C2CCC(O)C3NC(C)CCC(C(O)Cc4ccc(cc4)CC(C(C)(O)C(CCC(C)C)c4ccc(O)cc4)(CC#Cc4c(CC)cccc4CC1)N2)C3CC(=O)O. The summed E-state index contributed by atoms with van der Waals surface area (Å²) < 4.78 is 0. The van der Waals surface area contributed by atoms with E-state index in [0.717, 1.165) is 64.6 Å². The number of phenols is 1. The van der Waals surface area contributed by atoms with Crippen molar-refractivity contribution in [3.05, 3.63) is 123 Å². The molecule has 6 bridgehead atoms. The second-order valence-corrected chi connectivity index (χ2v) is 23.0. The monoisotopic (exact) mass is 1030 g/mol.